The number of pyridine rings is 1. The summed E-state index contributed by atoms with van der Waals surface area (Å²) in [5.74, 6) is -1.50. The highest BCUT2D eigenvalue weighted by Crippen LogP contribution is 2.30. The topological polar surface area (TPSA) is 103 Å². The van der Waals surface area contributed by atoms with Crippen LogP contribution in [0.25, 0.3) is 28.0 Å². The number of hydrogen-bond donors (Lipinski definition) is 1. The van der Waals surface area contributed by atoms with Crippen LogP contribution in [0.5, 0.6) is 0 Å². The van der Waals surface area contributed by atoms with Crippen LogP contribution in [-0.2, 0) is 11.1 Å². The van der Waals surface area contributed by atoms with E-state index < -0.39 is 28.3 Å². The highest BCUT2D eigenvalue weighted by atomic mass is 32.2. The molecule has 4 rings (SSSR count). The van der Waals surface area contributed by atoms with Gasteiger partial charge >= 0.3 is 0 Å². The third kappa shape index (κ3) is 3.02. The molecule has 1 atom stereocenters. The fourth-order valence-electron chi connectivity index (χ4n) is 2.94. The molecule has 28 heavy (non-hydrogen) atoms. The Kier molecular flexibility index (Phi) is 4.36. The smallest absolute Gasteiger partial charge is 0.273 e. The third-order valence-corrected chi connectivity index (χ3v) is 4.78. The average Bonchev–Trinajstić information content (AvgIpc) is 2.98. The summed E-state index contributed by atoms with van der Waals surface area (Å²) in [5, 5.41) is 2.68. The van der Waals surface area contributed by atoms with Crippen molar-refractivity contribution in [3.63, 3.8) is 0 Å². The minimum atomic E-state index is -2.47. The average molecular weight is 401 g/mol. The highest BCUT2D eigenvalue weighted by molar-refractivity contribution is 7.79. The molecule has 10 heteroatoms. The first-order valence-electron chi connectivity index (χ1n) is 7.98. The number of rotatable bonds is 3. The molecule has 1 N–H and O–H groups in total. The second-order valence-electron chi connectivity index (χ2n) is 5.99. The van der Waals surface area contributed by atoms with Crippen molar-refractivity contribution in [1.82, 2.24) is 19.6 Å². The molecule has 7 nitrogen and oxygen atoms in total. The minimum absolute atomic E-state index is 0.0944. The molecule has 0 aliphatic rings. The number of H-pyrrole nitrogens is 1. The molecular formula is C18H11F2N4O3S-. The summed E-state index contributed by atoms with van der Waals surface area (Å²) in [5.41, 5.74) is 1.25. The van der Waals surface area contributed by atoms with Crippen LogP contribution < -0.4 is 5.56 Å². The SMILES string of the molecule is Cc1[nH]n2c(=O)cc(-c3ccc(S(=O)[O-])nc3)nc2c1-c1ccc(F)cc1F. The number of hydrogen-bond acceptors (Lipinski definition) is 5. The van der Waals surface area contributed by atoms with Gasteiger partial charge in [-0.1, -0.05) is 0 Å². The lowest BCUT2D eigenvalue weighted by atomic mass is 10.1. The number of aromatic nitrogens is 4. The van der Waals surface area contributed by atoms with E-state index in [4.69, 9.17) is 0 Å². The van der Waals surface area contributed by atoms with Crippen molar-refractivity contribution in [1.29, 1.82) is 0 Å². The predicted octanol–water partition coefficient (Wildman–Crippen LogP) is 2.58. The lowest BCUT2D eigenvalue weighted by Gasteiger charge is -2.06. The summed E-state index contributed by atoms with van der Waals surface area (Å²) < 4.78 is 50.6. The first kappa shape index (κ1) is 18.1. The number of benzene rings is 1. The van der Waals surface area contributed by atoms with Crippen LogP contribution in [0.3, 0.4) is 0 Å². The van der Waals surface area contributed by atoms with Gasteiger partial charge < -0.3 is 4.55 Å². The van der Waals surface area contributed by atoms with Crippen LogP contribution in [0, 0.1) is 18.6 Å². The molecule has 142 valence electrons. The maximum Gasteiger partial charge on any atom is 0.273 e. The van der Waals surface area contributed by atoms with Gasteiger partial charge in [0.15, 0.2) is 5.65 Å². The maximum atomic E-state index is 14.3. The summed E-state index contributed by atoms with van der Waals surface area (Å²) in [6.45, 7) is 1.64. The molecule has 0 aliphatic carbocycles. The summed E-state index contributed by atoms with van der Waals surface area (Å²) in [7, 11) is 0. The van der Waals surface area contributed by atoms with Crippen molar-refractivity contribution < 1.29 is 17.5 Å². The number of aromatic amines is 1. The van der Waals surface area contributed by atoms with E-state index in [0.29, 0.717) is 16.8 Å². The van der Waals surface area contributed by atoms with E-state index in [0.717, 1.165) is 16.6 Å². The van der Waals surface area contributed by atoms with Crippen LogP contribution >= 0.6 is 0 Å². The van der Waals surface area contributed by atoms with Gasteiger partial charge in [-0.3, -0.25) is 14.1 Å². The molecule has 0 fully saturated rings. The van der Waals surface area contributed by atoms with Crippen molar-refractivity contribution in [3.8, 4) is 22.4 Å². The molecule has 0 spiro atoms. The Hall–Kier alpha value is -3.24. The minimum Gasteiger partial charge on any atom is -0.767 e. The highest BCUT2D eigenvalue weighted by Gasteiger charge is 2.18. The Morgan fingerprint density at radius 1 is 1.18 bits per heavy atom. The lowest BCUT2D eigenvalue weighted by Crippen LogP contribution is -2.14. The van der Waals surface area contributed by atoms with E-state index in [1.165, 1.54) is 30.5 Å². The normalized spacial score (nSPS) is 12.4. The zero-order valence-electron chi connectivity index (χ0n) is 14.3. The van der Waals surface area contributed by atoms with Crippen molar-refractivity contribution in [3.05, 3.63) is 70.3 Å². The standard InChI is InChI=1S/C18H12F2N4O3S/c1-9-17(12-4-3-11(19)6-13(12)20)18-22-14(7-16(25)24(18)23-9)10-2-5-15(21-8-10)28(26)27/h2-8,23H,1H3,(H,26,27)/p-1. The van der Waals surface area contributed by atoms with E-state index in [-0.39, 0.29) is 21.9 Å². The van der Waals surface area contributed by atoms with Gasteiger partial charge in [-0.2, -0.15) is 0 Å². The van der Waals surface area contributed by atoms with Gasteiger partial charge in [-0.15, -0.1) is 0 Å². The molecule has 3 heterocycles. The van der Waals surface area contributed by atoms with Gasteiger partial charge in [0.25, 0.3) is 5.56 Å². The Morgan fingerprint density at radius 3 is 2.61 bits per heavy atom. The zero-order valence-corrected chi connectivity index (χ0v) is 15.1. The van der Waals surface area contributed by atoms with E-state index in [9.17, 15) is 22.3 Å². The van der Waals surface area contributed by atoms with E-state index in [1.54, 1.807) is 6.92 Å². The van der Waals surface area contributed by atoms with Crippen LogP contribution in [0.1, 0.15) is 5.69 Å². The number of nitrogens with zero attached hydrogens (tertiary/aromatic N) is 3. The van der Waals surface area contributed by atoms with Crippen LogP contribution in [0.2, 0.25) is 0 Å². The van der Waals surface area contributed by atoms with Gasteiger partial charge in [0, 0.05) is 40.7 Å². The van der Waals surface area contributed by atoms with E-state index in [2.05, 4.69) is 15.1 Å². The molecule has 0 radical (unpaired) electrons. The molecular weight excluding hydrogens is 390 g/mol. The van der Waals surface area contributed by atoms with Crippen molar-refractivity contribution in [2.24, 2.45) is 0 Å². The molecule has 4 aromatic rings. The van der Waals surface area contributed by atoms with Crippen LogP contribution in [-0.4, -0.2) is 28.3 Å². The van der Waals surface area contributed by atoms with Crippen LogP contribution in [0.15, 0.2) is 52.4 Å². The molecule has 0 aliphatic heterocycles. The molecule has 0 amide bonds. The summed E-state index contributed by atoms with van der Waals surface area (Å²) in [6.07, 6.45) is 1.28. The fourth-order valence-corrected chi connectivity index (χ4v) is 3.26. The predicted molar refractivity (Wildman–Crippen MR) is 96.3 cm³/mol. The zero-order chi connectivity index (χ0) is 20.0. The van der Waals surface area contributed by atoms with Gasteiger partial charge in [0.05, 0.1) is 5.69 Å². The number of halogens is 2. The quantitative estimate of drug-likeness (QED) is 0.532. The Morgan fingerprint density at radius 2 is 1.96 bits per heavy atom. The largest absolute Gasteiger partial charge is 0.767 e. The van der Waals surface area contributed by atoms with Gasteiger partial charge in [0.2, 0.25) is 0 Å². The fraction of sp³-hybridized carbons (Fsp3) is 0.0556. The summed E-state index contributed by atoms with van der Waals surface area (Å²) in [4.78, 5) is 20.7. The van der Waals surface area contributed by atoms with E-state index in [1.807, 2.05) is 0 Å². The van der Waals surface area contributed by atoms with Crippen molar-refractivity contribution in [2.45, 2.75) is 11.9 Å². The first-order valence-corrected chi connectivity index (χ1v) is 9.06. The van der Waals surface area contributed by atoms with Gasteiger partial charge in [-0.25, -0.2) is 23.3 Å². The molecule has 0 saturated heterocycles. The third-order valence-electron chi connectivity index (χ3n) is 4.20. The van der Waals surface area contributed by atoms with E-state index >= 15 is 0 Å². The molecule has 0 bridgehead atoms. The summed E-state index contributed by atoms with van der Waals surface area (Å²) in [6, 6.07) is 7.15. The second-order valence-corrected chi connectivity index (χ2v) is 6.88. The summed E-state index contributed by atoms with van der Waals surface area (Å²) >= 11 is -2.47. The molecule has 3 aromatic heterocycles. The monoisotopic (exact) mass is 401 g/mol. The number of nitrogens with one attached hydrogen (secondary N) is 1. The molecule has 1 aromatic carbocycles. The number of aryl methyl sites for hydroxylation is 1. The van der Waals surface area contributed by atoms with Crippen molar-refractivity contribution >= 4 is 16.7 Å². The maximum absolute atomic E-state index is 14.3. The van der Waals surface area contributed by atoms with Gasteiger partial charge in [-0.05, 0) is 42.3 Å². The Bertz CT molecular complexity index is 1300. The van der Waals surface area contributed by atoms with Crippen LogP contribution in [0.4, 0.5) is 8.78 Å². The molecule has 1 unspecified atom stereocenters. The second kappa shape index (κ2) is 6.73. The van der Waals surface area contributed by atoms with Gasteiger partial charge in [0.1, 0.15) is 16.7 Å². The molecule has 0 saturated carbocycles. The number of fused-ring (bicyclic) bond motifs is 1. The lowest BCUT2D eigenvalue weighted by molar-refractivity contribution is 0.533. The van der Waals surface area contributed by atoms with Crippen molar-refractivity contribution in [2.75, 3.05) is 0 Å². The first-order chi connectivity index (χ1) is 13.3. The Balaban J connectivity index is 1.95. The Labute approximate surface area is 159 Å².